The molecule has 0 fully saturated rings. The molecule has 9 heteroatoms. The number of benzene rings is 4. The lowest BCUT2D eigenvalue weighted by Crippen LogP contribution is -2.31. The standard InChI is InChI=1S/C33H32F5NO2S/c1-23-30(34)19-27(20-31(23)42(2)40)41-18-10-17-39(21-26-15-9-16-29(32(26)35)33(36,37)38)22-28(24-11-5-3-6-12-24)25-13-7-4-8-14-25/h3-9,11-16,19-20,28H,10,17-18,21-22H2,1-2H3. The van der Waals surface area contributed by atoms with Gasteiger partial charge in [-0.15, -0.1) is 0 Å². The molecule has 0 bridgehead atoms. The molecular weight excluding hydrogens is 569 g/mol. The minimum Gasteiger partial charge on any atom is -0.493 e. The largest absolute Gasteiger partial charge is 0.493 e. The quantitative estimate of drug-likeness (QED) is 0.121. The van der Waals surface area contributed by atoms with Crippen LogP contribution in [0.1, 0.15) is 40.2 Å². The summed E-state index contributed by atoms with van der Waals surface area (Å²) in [6.07, 6.45) is -2.91. The monoisotopic (exact) mass is 601 g/mol. The second-order valence-electron chi connectivity index (χ2n) is 10.1. The molecule has 0 aliphatic rings. The van der Waals surface area contributed by atoms with E-state index in [1.807, 2.05) is 65.6 Å². The van der Waals surface area contributed by atoms with Crippen molar-refractivity contribution in [2.45, 2.75) is 36.9 Å². The topological polar surface area (TPSA) is 29.5 Å². The molecule has 0 amide bonds. The van der Waals surface area contributed by atoms with Gasteiger partial charge in [-0.05, 0) is 36.6 Å². The van der Waals surface area contributed by atoms with E-state index in [1.54, 1.807) is 13.0 Å². The Hall–Kier alpha value is -3.56. The van der Waals surface area contributed by atoms with E-state index in [4.69, 9.17) is 4.74 Å². The maximum atomic E-state index is 15.1. The number of halogens is 5. The van der Waals surface area contributed by atoms with Crippen molar-refractivity contribution in [2.75, 3.05) is 26.0 Å². The van der Waals surface area contributed by atoms with E-state index in [1.165, 1.54) is 24.5 Å². The first-order valence-electron chi connectivity index (χ1n) is 13.5. The normalized spacial score (nSPS) is 12.6. The van der Waals surface area contributed by atoms with Crippen molar-refractivity contribution in [3.63, 3.8) is 0 Å². The second kappa shape index (κ2) is 14.1. The summed E-state index contributed by atoms with van der Waals surface area (Å²) in [6.45, 7) is 2.44. The van der Waals surface area contributed by atoms with Gasteiger partial charge in [0.15, 0.2) is 0 Å². The van der Waals surface area contributed by atoms with Gasteiger partial charge in [0.05, 0.1) is 23.0 Å². The Balaban J connectivity index is 1.57. The minimum atomic E-state index is -4.81. The molecule has 0 saturated carbocycles. The molecule has 1 atom stereocenters. The predicted octanol–water partition coefficient (Wildman–Crippen LogP) is 8.13. The first-order valence-corrected chi connectivity index (χ1v) is 15.0. The fraction of sp³-hybridized carbons (Fsp3) is 0.273. The summed E-state index contributed by atoms with van der Waals surface area (Å²) in [5.74, 6) is -1.69. The Kier molecular flexibility index (Phi) is 10.5. The minimum absolute atomic E-state index is 0.0515. The zero-order valence-electron chi connectivity index (χ0n) is 23.3. The summed E-state index contributed by atoms with van der Waals surface area (Å²) in [5.41, 5.74) is 0.984. The number of alkyl halides is 3. The van der Waals surface area contributed by atoms with Gasteiger partial charge in [0.2, 0.25) is 0 Å². The first kappa shape index (κ1) is 31.4. The summed E-state index contributed by atoms with van der Waals surface area (Å²) in [6, 6.07) is 25.6. The van der Waals surface area contributed by atoms with Gasteiger partial charge in [0.1, 0.15) is 17.4 Å². The molecule has 0 N–H and O–H groups in total. The Morgan fingerprint density at radius 3 is 2.07 bits per heavy atom. The van der Waals surface area contributed by atoms with Crippen LogP contribution in [-0.4, -0.2) is 35.1 Å². The second-order valence-corrected chi connectivity index (χ2v) is 11.4. The van der Waals surface area contributed by atoms with E-state index in [0.717, 1.165) is 17.2 Å². The van der Waals surface area contributed by atoms with E-state index in [0.29, 0.717) is 30.0 Å². The van der Waals surface area contributed by atoms with Gasteiger partial charge in [-0.3, -0.25) is 9.11 Å². The van der Waals surface area contributed by atoms with Crippen molar-refractivity contribution in [3.8, 4) is 5.75 Å². The van der Waals surface area contributed by atoms with Crippen molar-refractivity contribution in [2.24, 2.45) is 0 Å². The molecule has 42 heavy (non-hydrogen) atoms. The summed E-state index contributed by atoms with van der Waals surface area (Å²) in [7, 11) is -1.40. The lowest BCUT2D eigenvalue weighted by atomic mass is 9.90. The van der Waals surface area contributed by atoms with Crippen molar-refractivity contribution < 1.29 is 30.9 Å². The number of nitrogens with zero attached hydrogens (tertiary/aromatic N) is 1. The molecule has 3 nitrogen and oxygen atoms in total. The third-order valence-corrected chi connectivity index (χ3v) is 8.13. The van der Waals surface area contributed by atoms with E-state index in [9.17, 15) is 21.8 Å². The van der Waals surface area contributed by atoms with Crippen LogP contribution in [0.25, 0.3) is 0 Å². The van der Waals surface area contributed by atoms with Gasteiger partial charge < -0.3 is 4.74 Å². The third kappa shape index (κ3) is 8.04. The highest BCUT2D eigenvalue weighted by Crippen LogP contribution is 2.33. The fourth-order valence-corrected chi connectivity index (χ4v) is 5.73. The smallest absolute Gasteiger partial charge is 0.419 e. The molecule has 0 spiro atoms. The average molecular weight is 602 g/mol. The predicted molar refractivity (Wildman–Crippen MR) is 155 cm³/mol. The highest BCUT2D eigenvalue weighted by atomic mass is 32.2. The molecule has 222 valence electrons. The van der Waals surface area contributed by atoms with Crippen LogP contribution in [0, 0.1) is 18.6 Å². The molecule has 0 aliphatic carbocycles. The van der Waals surface area contributed by atoms with E-state index < -0.39 is 34.2 Å². The maximum absolute atomic E-state index is 15.1. The van der Waals surface area contributed by atoms with Crippen LogP contribution in [0.5, 0.6) is 5.75 Å². The van der Waals surface area contributed by atoms with Crippen LogP contribution in [0.2, 0.25) is 0 Å². The van der Waals surface area contributed by atoms with Crippen LogP contribution in [0.3, 0.4) is 0 Å². The highest BCUT2D eigenvalue weighted by Gasteiger charge is 2.35. The molecule has 1 unspecified atom stereocenters. The summed E-state index contributed by atoms with van der Waals surface area (Å²) < 4.78 is 87.5. The number of hydrogen-bond acceptors (Lipinski definition) is 3. The van der Waals surface area contributed by atoms with Crippen LogP contribution in [0.15, 0.2) is 95.9 Å². The van der Waals surface area contributed by atoms with Gasteiger partial charge in [-0.2, -0.15) is 13.2 Å². The lowest BCUT2D eigenvalue weighted by molar-refractivity contribution is -0.140. The maximum Gasteiger partial charge on any atom is 0.419 e. The van der Waals surface area contributed by atoms with Crippen LogP contribution >= 0.6 is 0 Å². The number of hydrogen-bond donors (Lipinski definition) is 0. The molecular formula is C33H32F5NO2S. The number of rotatable bonds is 12. The highest BCUT2D eigenvalue weighted by molar-refractivity contribution is 7.84. The summed E-state index contributed by atoms with van der Waals surface area (Å²) >= 11 is 0. The SMILES string of the molecule is Cc1c(F)cc(OCCCN(Cc2cccc(C(F)(F)F)c2F)CC(c2ccccc2)c2ccccc2)cc1S(C)=O. The van der Waals surface area contributed by atoms with E-state index in [2.05, 4.69) is 0 Å². The van der Waals surface area contributed by atoms with Gasteiger partial charge in [0, 0.05) is 53.9 Å². The Morgan fingerprint density at radius 1 is 0.881 bits per heavy atom. The van der Waals surface area contributed by atoms with Gasteiger partial charge in [-0.25, -0.2) is 8.78 Å². The summed E-state index contributed by atoms with van der Waals surface area (Å²) in [5, 5.41) is 0. The van der Waals surface area contributed by atoms with E-state index in [-0.39, 0.29) is 30.4 Å². The molecule has 4 aromatic carbocycles. The fourth-order valence-electron chi connectivity index (χ4n) is 4.92. The number of ether oxygens (including phenoxy) is 1. The Bertz CT molecular complexity index is 1460. The molecule has 0 aromatic heterocycles. The zero-order chi connectivity index (χ0) is 30.3. The average Bonchev–Trinajstić information content (AvgIpc) is 2.96. The molecule has 0 heterocycles. The summed E-state index contributed by atoms with van der Waals surface area (Å²) in [4.78, 5) is 2.26. The molecule has 4 aromatic rings. The van der Waals surface area contributed by atoms with Crippen molar-refractivity contribution in [3.05, 3.63) is 130 Å². The Labute approximate surface area is 245 Å². The van der Waals surface area contributed by atoms with Crippen LogP contribution < -0.4 is 4.74 Å². The van der Waals surface area contributed by atoms with Crippen molar-refractivity contribution in [1.29, 1.82) is 0 Å². The lowest BCUT2D eigenvalue weighted by Gasteiger charge is -2.29. The van der Waals surface area contributed by atoms with Gasteiger partial charge in [-0.1, -0.05) is 72.8 Å². The van der Waals surface area contributed by atoms with Crippen LogP contribution in [0.4, 0.5) is 22.0 Å². The Morgan fingerprint density at radius 2 is 1.50 bits per heavy atom. The van der Waals surface area contributed by atoms with Crippen molar-refractivity contribution in [1.82, 2.24) is 4.90 Å². The van der Waals surface area contributed by atoms with Gasteiger partial charge in [0.25, 0.3) is 0 Å². The van der Waals surface area contributed by atoms with Crippen molar-refractivity contribution >= 4 is 10.8 Å². The molecule has 0 aliphatic heterocycles. The van der Waals surface area contributed by atoms with Crippen LogP contribution in [-0.2, 0) is 23.5 Å². The molecule has 4 rings (SSSR count). The van der Waals surface area contributed by atoms with Gasteiger partial charge >= 0.3 is 6.18 Å². The van der Waals surface area contributed by atoms with E-state index >= 15 is 4.39 Å². The third-order valence-electron chi connectivity index (χ3n) is 7.09. The zero-order valence-corrected chi connectivity index (χ0v) is 24.2. The molecule has 0 saturated heterocycles. The first-order chi connectivity index (χ1) is 20.0. The molecule has 0 radical (unpaired) electrons.